The standard InChI is InChI=1S/C17H23FN2O4/c1-11(16(21)22)10-20(2)17(23)19-14-7-8-24-15(9-14)12-3-5-13(18)6-4-12/h3-6,11,14-15H,7-10H2,1-2H3,(H,19,23)(H,21,22). The zero-order chi connectivity index (χ0) is 17.7. The van der Waals surface area contributed by atoms with Gasteiger partial charge in [-0.1, -0.05) is 19.1 Å². The summed E-state index contributed by atoms with van der Waals surface area (Å²) in [7, 11) is 1.57. The lowest BCUT2D eigenvalue weighted by atomic mass is 9.97. The first kappa shape index (κ1) is 18.2. The molecular weight excluding hydrogens is 315 g/mol. The highest BCUT2D eigenvalue weighted by Gasteiger charge is 2.26. The van der Waals surface area contributed by atoms with E-state index in [9.17, 15) is 14.0 Å². The molecule has 6 nitrogen and oxygen atoms in total. The molecule has 1 fully saturated rings. The van der Waals surface area contributed by atoms with E-state index in [4.69, 9.17) is 9.84 Å². The number of rotatable bonds is 5. The molecule has 3 atom stereocenters. The van der Waals surface area contributed by atoms with Crippen LogP contribution in [0, 0.1) is 11.7 Å². The highest BCUT2D eigenvalue weighted by molar-refractivity contribution is 5.76. The minimum absolute atomic E-state index is 0.0658. The van der Waals surface area contributed by atoms with Crippen molar-refractivity contribution >= 4 is 12.0 Å². The van der Waals surface area contributed by atoms with Crippen LogP contribution in [0.25, 0.3) is 0 Å². The summed E-state index contributed by atoms with van der Waals surface area (Å²) < 4.78 is 18.7. The molecule has 132 valence electrons. The average molecular weight is 338 g/mol. The Bertz CT molecular complexity index is 578. The Hall–Kier alpha value is -2.15. The highest BCUT2D eigenvalue weighted by atomic mass is 19.1. The summed E-state index contributed by atoms with van der Waals surface area (Å²) >= 11 is 0. The predicted molar refractivity (Wildman–Crippen MR) is 86.1 cm³/mol. The highest BCUT2D eigenvalue weighted by Crippen LogP contribution is 2.28. The molecule has 0 bridgehead atoms. The molecule has 1 aliphatic rings. The first-order valence-electron chi connectivity index (χ1n) is 7.98. The second kappa shape index (κ2) is 8.10. The second-order valence-corrected chi connectivity index (χ2v) is 6.20. The number of ether oxygens (including phenoxy) is 1. The molecule has 1 aromatic rings. The topological polar surface area (TPSA) is 78.9 Å². The number of benzene rings is 1. The van der Waals surface area contributed by atoms with Crippen molar-refractivity contribution in [2.24, 2.45) is 5.92 Å². The molecule has 0 aliphatic carbocycles. The third kappa shape index (κ3) is 4.92. The van der Waals surface area contributed by atoms with Gasteiger partial charge in [-0.2, -0.15) is 0 Å². The number of halogens is 1. The summed E-state index contributed by atoms with van der Waals surface area (Å²) in [6.45, 7) is 2.21. The number of aliphatic carboxylic acids is 1. The summed E-state index contributed by atoms with van der Waals surface area (Å²) in [5.41, 5.74) is 0.878. The van der Waals surface area contributed by atoms with Crippen LogP contribution in [0.4, 0.5) is 9.18 Å². The lowest BCUT2D eigenvalue weighted by Gasteiger charge is -2.32. The molecule has 0 aromatic heterocycles. The molecule has 24 heavy (non-hydrogen) atoms. The summed E-state index contributed by atoms with van der Waals surface area (Å²) in [6.07, 6.45) is 1.10. The van der Waals surface area contributed by atoms with Gasteiger partial charge >= 0.3 is 12.0 Å². The van der Waals surface area contributed by atoms with Gasteiger partial charge < -0.3 is 20.1 Å². The quantitative estimate of drug-likeness (QED) is 0.864. The van der Waals surface area contributed by atoms with Gasteiger partial charge in [-0.15, -0.1) is 0 Å². The fourth-order valence-corrected chi connectivity index (χ4v) is 2.69. The van der Waals surface area contributed by atoms with Gasteiger partial charge in [0.05, 0.1) is 12.0 Å². The molecule has 1 aromatic carbocycles. The Morgan fingerprint density at radius 3 is 2.71 bits per heavy atom. The van der Waals surface area contributed by atoms with E-state index in [1.165, 1.54) is 17.0 Å². The maximum Gasteiger partial charge on any atom is 0.317 e. The van der Waals surface area contributed by atoms with Crippen LogP contribution in [0.2, 0.25) is 0 Å². The van der Waals surface area contributed by atoms with Crippen LogP contribution < -0.4 is 5.32 Å². The van der Waals surface area contributed by atoms with Crippen LogP contribution in [0.3, 0.4) is 0 Å². The first-order valence-corrected chi connectivity index (χ1v) is 7.98. The van der Waals surface area contributed by atoms with Crippen molar-refractivity contribution in [1.82, 2.24) is 10.2 Å². The van der Waals surface area contributed by atoms with E-state index in [1.807, 2.05) is 0 Å². The fraction of sp³-hybridized carbons (Fsp3) is 0.529. The van der Waals surface area contributed by atoms with Gasteiger partial charge in [0.2, 0.25) is 0 Å². The number of carbonyl (C=O) groups excluding carboxylic acids is 1. The number of carboxylic acids is 1. The Kier molecular flexibility index (Phi) is 6.14. The monoisotopic (exact) mass is 338 g/mol. The Morgan fingerprint density at radius 1 is 1.42 bits per heavy atom. The van der Waals surface area contributed by atoms with Crippen molar-refractivity contribution in [3.63, 3.8) is 0 Å². The van der Waals surface area contributed by atoms with Gasteiger partial charge in [0.15, 0.2) is 0 Å². The summed E-state index contributed by atoms with van der Waals surface area (Å²) in [6, 6.07) is 5.79. The fourth-order valence-electron chi connectivity index (χ4n) is 2.69. The number of carboxylic acid groups (broad SMARTS) is 1. The predicted octanol–water partition coefficient (Wildman–Crippen LogP) is 2.41. The molecule has 0 radical (unpaired) electrons. The van der Waals surface area contributed by atoms with Crippen molar-refractivity contribution < 1.29 is 23.8 Å². The molecule has 0 spiro atoms. The van der Waals surface area contributed by atoms with Crippen molar-refractivity contribution in [3.8, 4) is 0 Å². The molecule has 2 amide bonds. The second-order valence-electron chi connectivity index (χ2n) is 6.20. The van der Waals surface area contributed by atoms with Gasteiger partial charge in [-0.25, -0.2) is 9.18 Å². The van der Waals surface area contributed by atoms with Gasteiger partial charge in [0.1, 0.15) is 5.82 Å². The van der Waals surface area contributed by atoms with Gasteiger partial charge in [0.25, 0.3) is 0 Å². The lowest BCUT2D eigenvalue weighted by Crippen LogP contribution is -2.47. The van der Waals surface area contributed by atoms with Crippen LogP contribution >= 0.6 is 0 Å². The number of nitrogens with zero attached hydrogens (tertiary/aromatic N) is 1. The van der Waals surface area contributed by atoms with Gasteiger partial charge in [-0.3, -0.25) is 4.79 Å². The zero-order valence-electron chi connectivity index (χ0n) is 13.9. The zero-order valence-corrected chi connectivity index (χ0v) is 13.9. The molecule has 3 unspecified atom stereocenters. The summed E-state index contributed by atoms with van der Waals surface area (Å²) in [5.74, 6) is -1.85. The minimum Gasteiger partial charge on any atom is -0.481 e. The van der Waals surface area contributed by atoms with Crippen LogP contribution in [0.5, 0.6) is 0 Å². The molecule has 0 saturated carbocycles. The van der Waals surface area contributed by atoms with E-state index in [1.54, 1.807) is 26.1 Å². The van der Waals surface area contributed by atoms with Crippen molar-refractivity contribution in [1.29, 1.82) is 0 Å². The largest absolute Gasteiger partial charge is 0.481 e. The molecule has 2 rings (SSSR count). The van der Waals surface area contributed by atoms with Crippen LogP contribution in [-0.4, -0.2) is 48.2 Å². The van der Waals surface area contributed by atoms with Gasteiger partial charge in [0, 0.05) is 26.2 Å². The molecule has 2 N–H and O–H groups in total. The van der Waals surface area contributed by atoms with E-state index < -0.39 is 11.9 Å². The Labute approximate surface area is 140 Å². The number of carbonyl (C=O) groups is 2. The van der Waals surface area contributed by atoms with E-state index in [2.05, 4.69) is 5.32 Å². The van der Waals surface area contributed by atoms with E-state index in [0.717, 1.165) is 5.56 Å². The van der Waals surface area contributed by atoms with E-state index >= 15 is 0 Å². The number of hydrogen-bond donors (Lipinski definition) is 2. The lowest BCUT2D eigenvalue weighted by molar-refractivity contribution is -0.141. The molecular formula is C17H23FN2O4. The van der Waals surface area contributed by atoms with Gasteiger partial charge in [-0.05, 0) is 30.5 Å². The smallest absolute Gasteiger partial charge is 0.317 e. The van der Waals surface area contributed by atoms with Crippen molar-refractivity contribution in [3.05, 3.63) is 35.6 Å². The maximum atomic E-state index is 13.0. The normalized spacial score (nSPS) is 21.8. The number of nitrogens with one attached hydrogen (secondary N) is 1. The number of urea groups is 1. The van der Waals surface area contributed by atoms with Crippen LogP contribution in [-0.2, 0) is 9.53 Å². The first-order chi connectivity index (χ1) is 11.4. The van der Waals surface area contributed by atoms with Crippen LogP contribution in [0.15, 0.2) is 24.3 Å². The molecule has 1 saturated heterocycles. The summed E-state index contributed by atoms with van der Waals surface area (Å²) in [4.78, 5) is 24.4. The van der Waals surface area contributed by atoms with E-state index in [-0.39, 0.29) is 30.5 Å². The molecule has 7 heteroatoms. The minimum atomic E-state index is -0.933. The van der Waals surface area contributed by atoms with E-state index in [0.29, 0.717) is 19.4 Å². The maximum absolute atomic E-state index is 13.0. The third-order valence-electron chi connectivity index (χ3n) is 4.17. The summed E-state index contributed by atoms with van der Waals surface area (Å²) in [5, 5.41) is 11.8. The van der Waals surface area contributed by atoms with Crippen molar-refractivity contribution in [2.45, 2.75) is 31.9 Å². The van der Waals surface area contributed by atoms with Crippen LogP contribution in [0.1, 0.15) is 31.4 Å². The Morgan fingerprint density at radius 2 is 2.08 bits per heavy atom. The Balaban J connectivity index is 1.89. The number of amides is 2. The third-order valence-corrected chi connectivity index (χ3v) is 4.17. The molecule has 1 heterocycles. The molecule has 1 aliphatic heterocycles. The SMILES string of the molecule is CC(CN(C)C(=O)NC1CCOC(c2ccc(F)cc2)C1)C(=O)O. The number of hydrogen-bond acceptors (Lipinski definition) is 3. The average Bonchev–Trinajstić information content (AvgIpc) is 2.55. The van der Waals surface area contributed by atoms with Crippen molar-refractivity contribution in [2.75, 3.05) is 20.2 Å².